The molecule has 0 atom stereocenters. The molecule has 0 saturated heterocycles. The number of hydrogen-bond donors (Lipinski definition) is 1. The largest absolute Gasteiger partial charge is 0.417 e. The lowest BCUT2D eigenvalue weighted by molar-refractivity contribution is -0.138. The van der Waals surface area contributed by atoms with Crippen molar-refractivity contribution in [3.8, 4) is 0 Å². The molecule has 4 nitrogen and oxygen atoms in total. The van der Waals surface area contributed by atoms with Gasteiger partial charge in [0.1, 0.15) is 0 Å². The number of alkyl halides is 6. The molecule has 29 heavy (non-hydrogen) atoms. The molecule has 0 radical (unpaired) electrons. The highest BCUT2D eigenvalue weighted by molar-refractivity contribution is 6.31. The highest BCUT2D eigenvalue weighted by Crippen LogP contribution is 2.36. The molecular weight excluding hydrogens is 426 g/mol. The standard InChI is InChI=1S/C18H13ClF6N2O2/c1-27(16(29)10-3-2-4-11(7-10)17(20,21)22)9-15(28)26-12-5-6-14(19)13(8-12)18(23,24)25/h2-8H,9H2,1H3,(H,26,28). The van der Waals surface area contributed by atoms with Gasteiger partial charge >= 0.3 is 12.4 Å². The Kier molecular flexibility index (Phi) is 6.46. The molecule has 2 amide bonds. The van der Waals surface area contributed by atoms with Gasteiger partial charge in [-0.3, -0.25) is 9.59 Å². The summed E-state index contributed by atoms with van der Waals surface area (Å²) >= 11 is 5.49. The fraction of sp³-hybridized carbons (Fsp3) is 0.222. The first-order chi connectivity index (χ1) is 13.3. The average Bonchev–Trinajstić information content (AvgIpc) is 2.61. The van der Waals surface area contributed by atoms with Crippen LogP contribution in [0.15, 0.2) is 42.5 Å². The molecule has 0 fully saturated rings. The third-order valence-electron chi connectivity index (χ3n) is 3.72. The first kappa shape index (κ1) is 22.5. The maximum atomic E-state index is 12.9. The third kappa shape index (κ3) is 5.86. The van der Waals surface area contributed by atoms with Gasteiger partial charge in [0.05, 0.1) is 22.7 Å². The minimum Gasteiger partial charge on any atom is -0.332 e. The van der Waals surface area contributed by atoms with Gasteiger partial charge in [0.15, 0.2) is 0 Å². The van der Waals surface area contributed by atoms with Crippen molar-refractivity contribution in [2.75, 3.05) is 18.9 Å². The zero-order valence-electron chi connectivity index (χ0n) is 14.7. The third-order valence-corrected chi connectivity index (χ3v) is 4.05. The molecule has 0 aromatic heterocycles. The van der Waals surface area contributed by atoms with Crippen molar-refractivity contribution in [3.05, 3.63) is 64.2 Å². The monoisotopic (exact) mass is 438 g/mol. The molecule has 0 unspecified atom stereocenters. The van der Waals surface area contributed by atoms with Crippen LogP contribution in [0.3, 0.4) is 0 Å². The van der Waals surface area contributed by atoms with E-state index in [1.807, 2.05) is 0 Å². The van der Waals surface area contributed by atoms with E-state index in [1.54, 1.807) is 0 Å². The van der Waals surface area contributed by atoms with Crippen molar-refractivity contribution in [3.63, 3.8) is 0 Å². The van der Waals surface area contributed by atoms with Crippen LogP contribution in [-0.4, -0.2) is 30.3 Å². The second kappa shape index (κ2) is 8.32. The van der Waals surface area contributed by atoms with Gasteiger partial charge in [-0.25, -0.2) is 0 Å². The average molecular weight is 439 g/mol. The predicted molar refractivity (Wildman–Crippen MR) is 93.5 cm³/mol. The number of amides is 2. The summed E-state index contributed by atoms with van der Waals surface area (Å²) in [5.74, 6) is -1.71. The molecule has 2 aromatic rings. The molecule has 0 saturated carbocycles. The summed E-state index contributed by atoms with van der Waals surface area (Å²) in [5, 5.41) is 1.63. The second-order valence-electron chi connectivity index (χ2n) is 5.98. The van der Waals surface area contributed by atoms with Crippen LogP contribution in [0.1, 0.15) is 21.5 Å². The van der Waals surface area contributed by atoms with Crippen LogP contribution in [0, 0.1) is 0 Å². The Hall–Kier alpha value is -2.75. The Balaban J connectivity index is 2.09. The first-order valence-corrected chi connectivity index (χ1v) is 8.26. The molecule has 0 aliphatic carbocycles. The maximum Gasteiger partial charge on any atom is 0.417 e. The van der Waals surface area contributed by atoms with Gasteiger partial charge in [0.25, 0.3) is 5.91 Å². The van der Waals surface area contributed by atoms with Crippen molar-refractivity contribution in [2.45, 2.75) is 12.4 Å². The SMILES string of the molecule is CN(CC(=O)Nc1ccc(Cl)c(C(F)(F)F)c1)C(=O)c1cccc(C(F)(F)F)c1. The Bertz CT molecular complexity index is 927. The summed E-state index contributed by atoms with van der Waals surface area (Å²) in [6.45, 7) is -0.598. The summed E-state index contributed by atoms with van der Waals surface area (Å²) in [4.78, 5) is 25.1. The van der Waals surface area contributed by atoms with Crippen LogP contribution in [0.4, 0.5) is 32.0 Å². The van der Waals surface area contributed by atoms with Gasteiger partial charge in [-0.05, 0) is 36.4 Å². The lowest BCUT2D eigenvalue weighted by atomic mass is 10.1. The Labute approximate surface area is 166 Å². The van der Waals surface area contributed by atoms with E-state index in [-0.39, 0.29) is 11.3 Å². The van der Waals surface area contributed by atoms with Crippen LogP contribution in [0.2, 0.25) is 5.02 Å². The second-order valence-corrected chi connectivity index (χ2v) is 6.39. The fourth-order valence-electron chi connectivity index (χ4n) is 2.36. The van der Waals surface area contributed by atoms with E-state index in [0.717, 1.165) is 35.2 Å². The summed E-state index contributed by atoms with van der Waals surface area (Å²) in [5.41, 5.74) is -2.67. The predicted octanol–water partition coefficient (Wildman–Crippen LogP) is 5.09. The molecule has 11 heteroatoms. The molecule has 0 bridgehead atoms. The van der Waals surface area contributed by atoms with E-state index in [4.69, 9.17) is 11.6 Å². The number of halogens is 7. The van der Waals surface area contributed by atoms with Gasteiger partial charge in [0.2, 0.25) is 5.91 Å². The molecule has 2 rings (SSSR count). The first-order valence-electron chi connectivity index (χ1n) is 7.88. The van der Waals surface area contributed by atoms with Crippen LogP contribution in [0.5, 0.6) is 0 Å². The lowest BCUT2D eigenvalue weighted by Crippen LogP contribution is -2.35. The summed E-state index contributed by atoms with van der Waals surface area (Å²) in [7, 11) is 1.17. The van der Waals surface area contributed by atoms with E-state index in [2.05, 4.69) is 5.32 Å². The number of likely N-dealkylation sites (N-methyl/N-ethyl adjacent to an activating group) is 1. The molecule has 1 N–H and O–H groups in total. The fourth-order valence-corrected chi connectivity index (χ4v) is 2.58. The highest BCUT2D eigenvalue weighted by Gasteiger charge is 2.34. The van der Waals surface area contributed by atoms with Crippen molar-refractivity contribution in [2.24, 2.45) is 0 Å². The van der Waals surface area contributed by atoms with Crippen LogP contribution < -0.4 is 5.32 Å². The number of nitrogens with one attached hydrogen (secondary N) is 1. The van der Waals surface area contributed by atoms with Crippen molar-refractivity contribution in [1.82, 2.24) is 4.90 Å². The zero-order valence-corrected chi connectivity index (χ0v) is 15.4. The van der Waals surface area contributed by atoms with Gasteiger partial charge in [-0.1, -0.05) is 17.7 Å². The normalized spacial score (nSPS) is 11.9. The summed E-state index contributed by atoms with van der Waals surface area (Å²) < 4.78 is 76.8. The van der Waals surface area contributed by atoms with Gasteiger partial charge in [0, 0.05) is 18.3 Å². The summed E-state index contributed by atoms with van der Waals surface area (Å²) in [6.07, 6.45) is -9.37. The minimum atomic E-state index is -4.73. The number of rotatable bonds is 4. The quantitative estimate of drug-likeness (QED) is 0.676. The number of nitrogens with zero attached hydrogens (tertiary/aromatic N) is 1. The Morgan fingerprint density at radius 3 is 2.24 bits per heavy atom. The lowest BCUT2D eigenvalue weighted by Gasteiger charge is -2.18. The van der Waals surface area contributed by atoms with Gasteiger partial charge < -0.3 is 10.2 Å². The van der Waals surface area contributed by atoms with E-state index < -0.39 is 46.9 Å². The van der Waals surface area contributed by atoms with E-state index in [9.17, 15) is 35.9 Å². The van der Waals surface area contributed by atoms with E-state index in [0.29, 0.717) is 12.1 Å². The van der Waals surface area contributed by atoms with Gasteiger partial charge in [-0.15, -0.1) is 0 Å². The highest BCUT2D eigenvalue weighted by atomic mass is 35.5. The molecule has 0 spiro atoms. The molecule has 0 aliphatic heterocycles. The molecule has 156 valence electrons. The van der Waals surface area contributed by atoms with Crippen molar-refractivity contribution in [1.29, 1.82) is 0 Å². The van der Waals surface area contributed by atoms with Crippen molar-refractivity contribution >= 4 is 29.1 Å². The van der Waals surface area contributed by atoms with E-state index >= 15 is 0 Å². The molecular formula is C18H13ClF6N2O2. The van der Waals surface area contributed by atoms with E-state index in [1.165, 1.54) is 7.05 Å². The van der Waals surface area contributed by atoms with Crippen molar-refractivity contribution < 1.29 is 35.9 Å². The number of carbonyl (C=O) groups is 2. The minimum absolute atomic E-state index is 0.202. The molecule has 0 aliphatic rings. The molecule has 0 heterocycles. The molecule has 2 aromatic carbocycles. The van der Waals surface area contributed by atoms with Crippen LogP contribution in [-0.2, 0) is 17.1 Å². The number of hydrogen-bond acceptors (Lipinski definition) is 2. The number of benzene rings is 2. The zero-order chi connectivity index (χ0) is 22.0. The van der Waals surface area contributed by atoms with Crippen LogP contribution >= 0.6 is 11.6 Å². The number of carbonyl (C=O) groups excluding carboxylic acids is 2. The Morgan fingerprint density at radius 2 is 1.66 bits per heavy atom. The smallest absolute Gasteiger partial charge is 0.332 e. The maximum absolute atomic E-state index is 12.9. The van der Waals surface area contributed by atoms with Crippen LogP contribution in [0.25, 0.3) is 0 Å². The topological polar surface area (TPSA) is 49.4 Å². The number of anilines is 1. The van der Waals surface area contributed by atoms with Gasteiger partial charge in [-0.2, -0.15) is 26.3 Å². The summed E-state index contributed by atoms with van der Waals surface area (Å²) in [6, 6.07) is 6.38. The Morgan fingerprint density at radius 1 is 1.00 bits per heavy atom.